The van der Waals surface area contributed by atoms with Gasteiger partial charge in [0.2, 0.25) is 11.8 Å². The van der Waals surface area contributed by atoms with Crippen LogP contribution < -0.4 is 26.6 Å². The van der Waals surface area contributed by atoms with Crippen molar-refractivity contribution in [2.24, 2.45) is 0 Å². The van der Waals surface area contributed by atoms with Gasteiger partial charge in [-0.3, -0.25) is 5.43 Å². The summed E-state index contributed by atoms with van der Waals surface area (Å²) in [5, 5.41) is 11.3. The molecular formula is C15H16F3N7O2. The smallest absolute Gasteiger partial charge is 0.416 e. The highest BCUT2D eigenvalue weighted by molar-refractivity contribution is 5.90. The molecule has 27 heavy (non-hydrogen) atoms. The van der Waals surface area contributed by atoms with Gasteiger partial charge in [0.15, 0.2) is 11.4 Å². The zero-order chi connectivity index (χ0) is 19.3. The van der Waals surface area contributed by atoms with Gasteiger partial charge in [0.05, 0.1) is 12.7 Å². The number of halogens is 3. The molecule has 0 fully saturated rings. The van der Waals surface area contributed by atoms with Crippen molar-refractivity contribution in [2.45, 2.75) is 13.6 Å². The molecule has 2 amide bonds. The van der Waals surface area contributed by atoms with E-state index in [1.807, 2.05) is 0 Å². The molecule has 2 rings (SSSR count). The topological polar surface area (TPSA) is 138 Å². The molecule has 144 valence electrons. The summed E-state index contributed by atoms with van der Waals surface area (Å²) in [5.41, 5.74) is 8.79. The highest BCUT2D eigenvalue weighted by atomic mass is 19.4. The molecule has 0 atom stereocenters. The van der Waals surface area contributed by atoms with E-state index in [0.717, 1.165) is 18.2 Å². The first-order valence-electron chi connectivity index (χ1n) is 6.86. The quantitative estimate of drug-likeness (QED) is 0.596. The molecule has 0 bridgehead atoms. The number of hydrogen-bond donors (Lipinski definition) is 4. The van der Waals surface area contributed by atoms with E-state index in [2.05, 4.69) is 26.1 Å². The average Bonchev–Trinajstić information content (AvgIpc) is 2.58. The molecule has 0 saturated heterocycles. The molecule has 0 aliphatic rings. The molecule has 1 aromatic heterocycles. The Morgan fingerprint density at radius 1 is 1.33 bits per heavy atom. The summed E-state index contributed by atoms with van der Waals surface area (Å²) < 4.78 is 42.9. The Kier molecular flexibility index (Phi) is 6.75. The second-order valence-corrected chi connectivity index (χ2v) is 4.71. The predicted molar refractivity (Wildman–Crippen MR) is 91.7 cm³/mol. The van der Waals surface area contributed by atoms with Gasteiger partial charge >= 0.3 is 12.2 Å². The summed E-state index contributed by atoms with van der Waals surface area (Å²) in [6.45, 7) is 0. The number of carbonyl (C=O) groups excluding carboxylic acids is 1. The van der Waals surface area contributed by atoms with Crippen LogP contribution >= 0.6 is 0 Å². The maximum absolute atomic E-state index is 12.7. The fraction of sp³-hybridized carbons (Fsp3) is 0.200. The first kappa shape index (κ1) is 21.3. The van der Waals surface area contributed by atoms with Crippen LogP contribution in [-0.4, -0.2) is 23.1 Å². The lowest BCUT2D eigenvalue weighted by atomic mass is 10.2. The van der Waals surface area contributed by atoms with Crippen LogP contribution in [0, 0.1) is 11.3 Å². The number of carbonyl (C=O) groups is 1. The van der Waals surface area contributed by atoms with E-state index in [1.165, 1.54) is 13.2 Å². The van der Waals surface area contributed by atoms with Crippen molar-refractivity contribution in [1.82, 2.24) is 15.4 Å². The molecule has 1 heterocycles. The molecule has 0 radical (unpaired) electrons. The Morgan fingerprint density at radius 3 is 2.63 bits per heavy atom. The lowest BCUT2D eigenvalue weighted by molar-refractivity contribution is -0.137. The van der Waals surface area contributed by atoms with E-state index < -0.39 is 17.8 Å². The largest absolute Gasteiger partial charge is 0.480 e. The molecule has 0 aliphatic heterocycles. The highest BCUT2D eigenvalue weighted by Crippen LogP contribution is 2.30. The van der Waals surface area contributed by atoms with Gasteiger partial charge in [-0.05, 0) is 18.2 Å². The Labute approximate surface area is 152 Å². The van der Waals surface area contributed by atoms with Crippen LogP contribution in [0.1, 0.15) is 18.6 Å². The average molecular weight is 383 g/mol. The Bertz CT molecular complexity index is 865. The van der Waals surface area contributed by atoms with Gasteiger partial charge in [-0.25, -0.2) is 10.2 Å². The number of alkyl halides is 3. The Balaban J connectivity index is 0.00000364. The van der Waals surface area contributed by atoms with Crippen molar-refractivity contribution in [2.75, 3.05) is 23.6 Å². The first-order valence-corrected chi connectivity index (χ1v) is 6.86. The minimum Gasteiger partial charge on any atom is -0.480 e. The van der Waals surface area contributed by atoms with Gasteiger partial charge in [-0.1, -0.05) is 13.5 Å². The summed E-state index contributed by atoms with van der Waals surface area (Å²) in [7, 11) is 1.26. The summed E-state index contributed by atoms with van der Waals surface area (Å²) >= 11 is 0. The van der Waals surface area contributed by atoms with Crippen LogP contribution in [-0.2, 0) is 6.18 Å². The van der Waals surface area contributed by atoms with Crippen LogP contribution in [0.5, 0.6) is 5.88 Å². The first-order chi connectivity index (χ1) is 12.2. The molecule has 9 nitrogen and oxygen atoms in total. The number of rotatable bonds is 4. The van der Waals surface area contributed by atoms with Crippen molar-refractivity contribution in [3.05, 3.63) is 35.4 Å². The molecule has 0 aliphatic carbocycles. The molecule has 5 N–H and O–H groups in total. The van der Waals surface area contributed by atoms with Crippen LogP contribution in [0.4, 0.5) is 35.4 Å². The standard InChI is InChI=1S/C14H12F3N7O2.CH4/c1-26-11-9(6-18)10(21-12(19)22-11)23-24-13(25)20-8-4-2-3-7(5-8)14(15,16)17;/h2-5H,1H3,(H2,20,24,25)(H3,19,21,22,23);1H4. The number of urea groups is 1. The van der Waals surface area contributed by atoms with Gasteiger partial charge in [-0.2, -0.15) is 28.4 Å². The normalized spacial score (nSPS) is 10.2. The van der Waals surface area contributed by atoms with E-state index in [9.17, 15) is 18.0 Å². The second kappa shape index (κ2) is 8.56. The number of methoxy groups -OCH3 is 1. The number of nitrogen functional groups attached to an aromatic ring is 1. The minimum atomic E-state index is -4.54. The zero-order valence-corrected chi connectivity index (χ0v) is 13.2. The van der Waals surface area contributed by atoms with Gasteiger partial charge in [0, 0.05) is 5.69 Å². The molecule has 0 unspecified atom stereocenters. The van der Waals surface area contributed by atoms with Gasteiger partial charge < -0.3 is 15.8 Å². The molecule has 0 saturated carbocycles. The Morgan fingerprint density at radius 2 is 2.04 bits per heavy atom. The van der Waals surface area contributed by atoms with E-state index in [1.54, 1.807) is 6.07 Å². The second-order valence-electron chi connectivity index (χ2n) is 4.71. The van der Waals surface area contributed by atoms with Crippen molar-refractivity contribution in [3.8, 4) is 11.9 Å². The van der Waals surface area contributed by atoms with E-state index in [0.29, 0.717) is 0 Å². The minimum absolute atomic E-state index is 0. The van der Waals surface area contributed by atoms with Gasteiger partial charge in [0.1, 0.15) is 6.07 Å². The zero-order valence-electron chi connectivity index (χ0n) is 13.2. The fourth-order valence-electron chi connectivity index (χ4n) is 1.85. The molecular weight excluding hydrogens is 367 g/mol. The number of benzene rings is 1. The number of hydrazine groups is 1. The third kappa shape index (κ3) is 5.36. The molecule has 0 spiro atoms. The number of nitrogens with zero attached hydrogens (tertiary/aromatic N) is 3. The number of nitriles is 1. The van der Waals surface area contributed by atoms with Crippen molar-refractivity contribution in [3.63, 3.8) is 0 Å². The van der Waals surface area contributed by atoms with Crippen LogP contribution in [0.2, 0.25) is 0 Å². The highest BCUT2D eigenvalue weighted by Gasteiger charge is 2.30. The number of anilines is 3. The summed E-state index contributed by atoms with van der Waals surface area (Å²) in [4.78, 5) is 19.3. The Hall–Kier alpha value is -3.75. The third-order valence-electron chi connectivity index (χ3n) is 2.94. The van der Waals surface area contributed by atoms with Crippen LogP contribution in [0.25, 0.3) is 0 Å². The predicted octanol–water partition coefficient (Wildman–Crippen LogP) is 2.74. The van der Waals surface area contributed by atoms with Gasteiger partial charge in [-0.15, -0.1) is 0 Å². The lowest BCUT2D eigenvalue weighted by Gasteiger charge is -2.13. The maximum atomic E-state index is 12.7. The number of hydrogen-bond acceptors (Lipinski definition) is 7. The molecule has 2 aromatic rings. The van der Waals surface area contributed by atoms with Crippen molar-refractivity contribution in [1.29, 1.82) is 5.26 Å². The number of nitrogens with one attached hydrogen (secondary N) is 3. The van der Waals surface area contributed by atoms with Crippen molar-refractivity contribution >= 4 is 23.5 Å². The fourth-order valence-corrected chi connectivity index (χ4v) is 1.85. The third-order valence-corrected chi connectivity index (χ3v) is 2.94. The maximum Gasteiger partial charge on any atom is 0.416 e. The summed E-state index contributed by atoms with van der Waals surface area (Å²) in [6.07, 6.45) is -4.54. The van der Waals surface area contributed by atoms with E-state index in [4.69, 9.17) is 15.7 Å². The number of amides is 2. The summed E-state index contributed by atoms with van der Waals surface area (Å²) in [5.74, 6) is -0.470. The lowest BCUT2D eigenvalue weighted by Crippen LogP contribution is -2.34. The van der Waals surface area contributed by atoms with E-state index in [-0.39, 0.29) is 36.3 Å². The number of aromatic nitrogens is 2. The monoisotopic (exact) mass is 383 g/mol. The van der Waals surface area contributed by atoms with Crippen LogP contribution in [0.3, 0.4) is 0 Å². The number of nitrogens with two attached hydrogens (primary N) is 1. The number of ether oxygens (including phenoxy) is 1. The molecule has 1 aromatic carbocycles. The molecule has 12 heteroatoms. The van der Waals surface area contributed by atoms with Crippen molar-refractivity contribution < 1.29 is 22.7 Å². The summed E-state index contributed by atoms with van der Waals surface area (Å²) in [6, 6.07) is 4.95. The SMILES string of the molecule is C.COc1nc(N)nc(NNC(=O)Nc2cccc(C(F)(F)F)c2)c1C#N. The van der Waals surface area contributed by atoms with Crippen LogP contribution in [0.15, 0.2) is 24.3 Å². The van der Waals surface area contributed by atoms with Gasteiger partial charge in [0.25, 0.3) is 0 Å². The van der Waals surface area contributed by atoms with E-state index >= 15 is 0 Å².